The molecule has 2 aromatic heterocycles. The molecule has 1 aromatic carbocycles. The van der Waals surface area contributed by atoms with E-state index in [2.05, 4.69) is 39.5 Å². The Morgan fingerprint density at radius 2 is 2.16 bits per heavy atom. The zero-order chi connectivity index (χ0) is 21.5. The van der Waals surface area contributed by atoms with E-state index in [0.717, 1.165) is 36.5 Å². The molecule has 0 bridgehead atoms. The van der Waals surface area contributed by atoms with Crippen molar-refractivity contribution in [2.24, 2.45) is 5.92 Å². The third-order valence-electron chi connectivity index (χ3n) is 6.29. The van der Waals surface area contributed by atoms with Gasteiger partial charge in [0.25, 0.3) is 0 Å². The largest absolute Gasteiger partial charge is 0.497 e. The van der Waals surface area contributed by atoms with Crippen LogP contribution in [0.15, 0.2) is 52.2 Å². The monoisotopic (exact) mass is 456 g/mol. The smallest absolute Gasteiger partial charge is 0.119 e. The summed E-state index contributed by atoms with van der Waals surface area (Å²) in [4.78, 5) is 7.08. The minimum absolute atomic E-state index is 0.342. The maximum absolute atomic E-state index is 5.92. The molecule has 1 fully saturated rings. The van der Waals surface area contributed by atoms with Crippen LogP contribution >= 0.6 is 23.1 Å². The number of thioether (sulfide) groups is 1. The highest BCUT2D eigenvalue weighted by molar-refractivity contribution is 8.01. The minimum atomic E-state index is 0.342. The molecule has 31 heavy (non-hydrogen) atoms. The first kappa shape index (κ1) is 22.6. The van der Waals surface area contributed by atoms with Crippen molar-refractivity contribution in [1.82, 2.24) is 9.88 Å². The number of aryl methyl sites for hydroxylation is 1. The molecular weight excluding hydrogens is 424 g/mol. The van der Waals surface area contributed by atoms with E-state index in [-0.39, 0.29) is 0 Å². The van der Waals surface area contributed by atoms with Crippen LogP contribution in [0.25, 0.3) is 10.9 Å². The summed E-state index contributed by atoms with van der Waals surface area (Å²) in [6, 6.07) is 12.6. The maximum atomic E-state index is 5.92. The van der Waals surface area contributed by atoms with Gasteiger partial charge >= 0.3 is 0 Å². The predicted molar refractivity (Wildman–Crippen MR) is 132 cm³/mol. The fourth-order valence-corrected chi connectivity index (χ4v) is 6.39. The third-order valence-corrected chi connectivity index (χ3v) is 8.40. The van der Waals surface area contributed by atoms with Crippen LogP contribution in [0.1, 0.15) is 24.8 Å². The number of ether oxygens (including phenoxy) is 2. The number of thiophene rings is 1. The van der Waals surface area contributed by atoms with E-state index in [1.165, 1.54) is 41.0 Å². The molecule has 2 atom stereocenters. The Bertz CT molecular complexity index is 948. The molecule has 6 heteroatoms. The van der Waals surface area contributed by atoms with Gasteiger partial charge in [-0.3, -0.25) is 9.88 Å². The molecule has 166 valence electrons. The Balaban J connectivity index is 1.26. The van der Waals surface area contributed by atoms with Crippen molar-refractivity contribution in [3.05, 3.63) is 53.5 Å². The molecule has 1 saturated heterocycles. The molecule has 4 nitrogen and oxygen atoms in total. The van der Waals surface area contributed by atoms with Gasteiger partial charge in [-0.15, -0.1) is 23.1 Å². The van der Waals surface area contributed by atoms with Crippen LogP contribution in [0, 0.1) is 5.92 Å². The van der Waals surface area contributed by atoms with E-state index in [9.17, 15) is 0 Å². The number of aromatic nitrogens is 1. The van der Waals surface area contributed by atoms with Gasteiger partial charge in [-0.05, 0) is 79.4 Å². The first-order valence-electron chi connectivity index (χ1n) is 11.1. The molecule has 0 aliphatic carbocycles. The summed E-state index contributed by atoms with van der Waals surface area (Å²) in [7, 11) is 3.60. The fraction of sp³-hybridized carbons (Fsp3) is 0.480. The molecule has 1 aliphatic rings. The van der Waals surface area contributed by atoms with Gasteiger partial charge in [-0.2, -0.15) is 0 Å². The number of piperidine rings is 1. The van der Waals surface area contributed by atoms with E-state index >= 15 is 0 Å². The summed E-state index contributed by atoms with van der Waals surface area (Å²) in [6.45, 7) is 3.38. The van der Waals surface area contributed by atoms with Crippen molar-refractivity contribution in [2.75, 3.05) is 39.6 Å². The van der Waals surface area contributed by atoms with E-state index in [0.29, 0.717) is 12.0 Å². The van der Waals surface area contributed by atoms with Crippen molar-refractivity contribution < 1.29 is 9.47 Å². The third kappa shape index (κ3) is 6.01. The second kappa shape index (κ2) is 11.3. The molecular formula is C25H32N2O2S2. The van der Waals surface area contributed by atoms with E-state index < -0.39 is 0 Å². The Kier molecular flexibility index (Phi) is 8.25. The lowest BCUT2D eigenvalue weighted by molar-refractivity contribution is -0.0126. The summed E-state index contributed by atoms with van der Waals surface area (Å²) in [5, 5.41) is 3.36. The second-order valence-electron chi connectivity index (χ2n) is 8.15. The predicted octanol–water partition coefficient (Wildman–Crippen LogP) is 5.76. The summed E-state index contributed by atoms with van der Waals surface area (Å²) >= 11 is 3.80. The normalized spacial score (nSPS) is 19.7. The topological polar surface area (TPSA) is 34.6 Å². The number of likely N-dealkylation sites (tertiary alicyclic amines) is 1. The van der Waals surface area contributed by atoms with Crippen LogP contribution in [0.2, 0.25) is 0 Å². The Morgan fingerprint density at radius 1 is 1.23 bits per heavy atom. The van der Waals surface area contributed by atoms with Gasteiger partial charge in [0.05, 0.1) is 22.9 Å². The quantitative estimate of drug-likeness (QED) is 0.363. The number of methoxy groups -OCH3 is 2. The molecule has 0 spiro atoms. The van der Waals surface area contributed by atoms with Gasteiger partial charge in [0.2, 0.25) is 0 Å². The number of hydrogen-bond donors (Lipinski definition) is 0. The van der Waals surface area contributed by atoms with E-state index in [4.69, 9.17) is 9.47 Å². The van der Waals surface area contributed by atoms with Crippen LogP contribution in [0.3, 0.4) is 0 Å². The van der Waals surface area contributed by atoms with Gasteiger partial charge in [-0.1, -0.05) is 6.07 Å². The van der Waals surface area contributed by atoms with Crippen molar-refractivity contribution in [2.45, 2.75) is 36.0 Å². The highest BCUT2D eigenvalue weighted by atomic mass is 32.2. The van der Waals surface area contributed by atoms with Crippen LogP contribution in [0.5, 0.6) is 5.75 Å². The number of pyridine rings is 1. The van der Waals surface area contributed by atoms with Crippen molar-refractivity contribution in [1.29, 1.82) is 0 Å². The van der Waals surface area contributed by atoms with E-state index in [1.807, 2.05) is 48.5 Å². The SMILES string of the molecule is COc1ccc2nccc(CCC[C@H]3CCN(CCSc4cccs4)CC3OC)c2c1. The van der Waals surface area contributed by atoms with Crippen LogP contribution in [-0.4, -0.2) is 55.6 Å². The second-order valence-corrected chi connectivity index (χ2v) is 10.5. The summed E-state index contributed by atoms with van der Waals surface area (Å²) < 4.78 is 12.7. The summed E-state index contributed by atoms with van der Waals surface area (Å²) in [5.74, 6) is 2.69. The molecule has 0 amide bonds. The number of hydrogen-bond acceptors (Lipinski definition) is 6. The minimum Gasteiger partial charge on any atom is -0.497 e. The Morgan fingerprint density at radius 3 is 2.97 bits per heavy atom. The number of rotatable bonds is 10. The molecule has 4 rings (SSSR count). The van der Waals surface area contributed by atoms with Gasteiger partial charge in [-0.25, -0.2) is 0 Å². The average Bonchev–Trinajstić information content (AvgIpc) is 3.33. The molecule has 1 aliphatic heterocycles. The first-order valence-corrected chi connectivity index (χ1v) is 13.0. The van der Waals surface area contributed by atoms with Crippen molar-refractivity contribution >= 4 is 34.0 Å². The number of benzene rings is 1. The van der Waals surface area contributed by atoms with Gasteiger partial charge < -0.3 is 9.47 Å². The average molecular weight is 457 g/mol. The fourth-order valence-electron chi connectivity index (χ4n) is 4.53. The molecule has 0 N–H and O–H groups in total. The Labute approximate surface area is 194 Å². The van der Waals surface area contributed by atoms with E-state index in [1.54, 1.807) is 7.11 Å². The van der Waals surface area contributed by atoms with Gasteiger partial charge in [0.15, 0.2) is 0 Å². The lowest BCUT2D eigenvalue weighted by Crippen LogP contribution is -2.45. The molecule has 0 saturated carbocycles. The highest BCUT2D eigenvalue weighted by Gasteiger charge is 2.28. The lowest BCUT2D eigenvalue weighted by Gasteiger charge is -2.38. The van der Waals surface area contributed by atoms with Crippen LogP contribution < -0.4 is 4.74 Å². The van der Waals surface area contributed by atoms with Crippen LogP contribution in [-0.2, 0) is 11.2 Å². The molecule has 3 aromatic rings. The van der Waals surface area contributed by atoms with Gasteiger partial charge in [0.1, 0.15) is 5.75 Å². The molecule has 3 heterocycles. The molecule has 0 radical (unpaired) electrons. The van der Waals surface area contributed by atoms with Crippen molar-refractivity contribution in [3.8, 4) is 5.75 Å². The Hall–Kier alpha value is -1.60. The van der Waals surface area contributed by atoms with Crippen LogP contribution in [0.4, 0.5) is 0 Å². The zero-order valence-corrected chi connectivity index (χ0v) is 20.1. The maximum Gasteiger partial charge on any atom is 0.119 e. The zero-order valence-electron chi connectivity index (χ0n) is 18.5. The highest BCUT2D eigenvalue weighted by Crippen LogP contribution is 2.29. The van der Waals surface area contributed by atoms with Gasteiger partial charge in [0, 0.05) is 37.5 Å². The van der Waals surface area contributed by atoms with Crippen molar-refractivity contribution in [3.63, 3.8) is 0 Å². The summed E-state index contributed by atoms with van der Waals surface area (Å²) in [6.07, 6.45) is 6.95. The first-order chi connectivity index (χ1) is 15.3. The molecule has 1 unspecified atom stereocenters. The standard InChI is InChI=1S/C25H32N2O2S2/c1-28-21-8-9-23-22(17-21)19(10-12-26-23)5-3-6-20-11-13-27(18-24(20)29-2)14-16-31-25-7-4-15-30-25/h4,7-10,12,15,17,20,24H,3,5-6,11,13-14,16,18H2,1-2H3/t20-,24?/m0/s1. The lowest BCUT2D eigenvalue weighted by atomic mass is 9.88. The summed E-state index contributed by atoms with van der Waals surface area (Å²) in [5.41, 5.74) is 2.41. The number of nitrogens with zero attached hydrogens (tertiary/aromatic N) is 2. The number of fused-ring (bicyclic) bond motifs is 1.